The topological polar surface area (TPSA) is 44.9 Å². The number of benzene rings is 2. The molecule has 0 radical (unpaired) electrons. The van der Waals surface area contributed by atoms with Crippen molar-refractivity contribution < 1.29 is 9.18 Å². The molecule has 0 spiro atoms. The van der Waals surface area contributed by atoms with E-state index >= 15 is 0 Å². The minimum Gasteiger partial charge on any atom is -0.361 e. The van der Waals surface area contributed by atoms with Crippen LogP contribution in [0.25, 0.3) is 10.9 Å². The minimum atomic E-state index is -0.248. The fourth-order valence-electron chi connectivity index (χ4n) is 2.27. The van der Waals surface area contributed by atoms with Gasteiger partial charge in [0.25, 0.3) is 5.91 Å². The lowest BCUT2D eigenvalue weighted by Gasteiger charge is -2.06. The Bertz CT molecular complexity index is 762. The number of carbonyl (C=O) groups excluding carboxylic acids is 1. The van der Waals surface area contributed by atoms with Crippen LogP contribution in [0.4, 0.5) is 4.39 Å². The lowest BCUT2D eigenvalue weighted by atomic mass is 10.1. The van der Waals surface area contributed by atoms with Gasteiger partial charge in [0.15, 0.2) is 0 Å². The molecule has 3 rings (SSSR count). The summed E-state index contributed by atoms with van der Waals surface area (Å²) in [4.78, 5) is 15.2. The average Bonchev–Trinajstić information content (AvgIpc) is 2.96. The van der Waals surface area contributed by atoms with E-state index < -0.39 is 0 Å². The molecule has 2 aromatic carbocycles. The van der Waals surface area contributed by atoms with Gasteiger partial charge < -0.3 is 10.3 Å². The number of fused-ring (bicyclic) bond motifs is 1. The van der Waals surface area contributed by atoms with Crippen molar-refractivity contribution in [1.82, 2.24) is 10.3 Å². The molecule has 0 aliphatic carbocycles. The maximum Gasteiger partial charge on any atom is 0.251 e. The van der Waals surface area contributed by atoms with E-state index in [1.807, 2.05) is 24.4 Å². The quantitative estimate of drug-likeness (QED) is 0.758. The Kier molecular flexibility index (Phi) is 3.69. The van der Waals surface area contributed by atoms with Crippen molar-refractivity contribution in [2.24, 2.45) is 0 Å². The highest BCUT2D eigenvalue weighted by Crippen LogP contribution is 2.14. The second-order valence-corrected chi connectivity index (χ2v) is 4.91. The van der Waals surface area contributed by atoms with E-state index in [1.54, 1.807) is 18.2 Å². The molecule has 4 heteroatoms. The number of rotatable bonds is 4. The van der Waals surface area contributed by atoms with Crippen LogP contribution in [-0.2, 0) is 6.42 Å². The summed E-state index contributed by atoms with van der Waals surface area (Å²) in [5, 5.41) is 3.89. The summed E-state index contributed by atoms with van der Waals surface area (Å²) in [6, 6.07) is 13.8. The highest BCUT2D eigenvalue weighted by Gasteiger charge is 2.06. The monoisotopic (exact) mass is 282 g/mol. The van der Waals surface area contributed by atoms with E-state index in [9.17, 15) is 9.18 Å². The molecule has 3 nitrogen and oxygen atoms in total. The van der Waals surface area contributed by atoms with Crippen LogP contribution in [0.5, 0.6) is 0 Å². The summed E-state index contributed by atoms with van der Waals surface area (Å²) < 4.78 is 12.8. The Morgan fingerprint density at radius 1 is 1.10 bits per heavy atom. The fourth-order valence-corrected chi connectivity index (χ4v) is 2.27. The lowest BCUT2D eigenvalue weighted by molar-refractivity contribution is 0.0954. The number of amides is 1. The van der Waals surface area contributed by atoms with Crippen LogP contribution >= 0.6 is 0 Å². The highest BCUT2D eigenvalue weighted by molar-refractivity contribution is 5.98. The molecule has 0 saturated carbocycles. The van der Waals surface area contributed by atoms with Gasteiger partial charge in [0.05, 0.1) is 0 Å². The summed E-state index contributed by atoms with van der Waals surface area (Å²) in [6.07, 6.45) is 2.53. The smallest absolute Gasteiger partial charge is 0.251 e. The third-order valence-electron chi connectivity index (χ3n) is 3.43. The van der Waals surface area contributed by atoms with Gasteiger partial charge in [0.2, 0.25) is 0 Å². The molecule has 0 atom stereocenters. The second-order valence-electron chi connectivity index (χ2n) is 4.91. The minimum absolute atomic E-state index is 0.0970. The van der Waals surface area contributed by atoms with Gasteiger partial charge >= 0.3 is 0 Å². The molecule has 1 heterocycles. The number of H-pyrrole nitrogens is 1. The standard InChI is InChI=1S/C17H15FN2O/c18-15-4-1-12(2-5-15)7-9-20-17(21)14-3-6-16-13(11-14)8-10-19-16/h1-6,8,10-11,19H,7,9H2,(H,20,21). The highest BCUT2D eigenvalue weighted by atomic mass is 19.1. The van der Waals surface area contributed by atoms with Crippen LogP contribution in [0.15, 0.2) is 54.7 Å². The molecule has 0 aliphatic heterocycles. The first kappa shape index (κ1) is 13.4. The number of hydrogen-bond acceptors (Lipinski definition) is 1. The molecule has 0 aliphatic rings. The predicted octanol–water partition coefficient (Wildman–Crippen LogP) is 3.28. The molecule has 0 bridgehead atoms. The van der Waals surface area contributed by atoms with E-state index in [0.717, 1.165) is 16.5 Å². The SMILES string of the molecule is O=C(NCCc1ccc(F)cc1)c1ccc2[nH]ccc2c1. The van der Waals surface area contributed by atoms with Crippen molar-refractivity contribution in [1.29, 1.82) is 0 Å². The Morgan fingerprint density at radius 3 is 2.71 bits per heavy atom. The molecule has 106 valence electrons. The van der Waals surface area contributed by atoms with Crippen molar-refractivity contribution in [3.8, 4) is 0 Å². The van der Waals surface area contributed by atoms with E-state index in [2.05, 4.69) is 10.3 Å². The van der Waals surface area contributed by atoms with E-state index in [-0.39, 0.29) is 11.7 Å². The molecule has 0 unspecified atom stereocenters. The Morgan fingerprint density at radius 2 is 1.90 bits per heavy atom. The summed E-state index contributed by atoms with van der Waals surface area (Å²) in [5.41, 5.74) is 2.65. The molecule has 2 N–H and O–H groups in total. The van der Waals surface area contributed by atoms with E-state index in [0.29, 0.717) is 18.5 Å². The van der Waals surface area contributed by atoms with Gasteiger partial charge in [0.1, 0.15) is 5.82 Å². The van der Waals surface area contributed by atoms with Gasteiger partial charge in [-0.25, -0.2) is 4.39 Å². The molecule has 0 fully saturated rings. The summed E-state index contributed by atoms with van der Waals surface area (Å²) in [7, 11) is 0. The van der Waals surface area contributed by atoms with Gasteiger partial charge in [-0.2, -0.15) is 0 Å². The van der Waals surface area contributed by atoms with Crippen LogP contribution in [0.3, 0.4) is 0 Å². The lowest BCUT2D eigenvalue weighted by Crippen LogP contribution is -2.25. The van der Waals surface area contributed by atoms with Gasteiger partial charge in [-0.05, 0) is 48.4 Å². The third kappa shape index (κ3) is 3.11. The number of carbonyl (C=O) groups is 1. The number of aromatic nitrogens is 1. The summed E-state index contributed by atoms with van der Waals surface area (Å²) >= 11 is 0. The van der Waals surface area contributed by atoms with Gasteiger partial charge in [0, 0.05) is 29.2 Å². The van der Waals surface area contributed by atoms with Crippen molar-refractivity contribution in [2.45, 2.75) is 6.42 Å². The molecular weight excluding hydrogens is 267 g/mol. The van der Waals surface area contributed by atoms with E-state index in [1.165, 1.54) is 12.1 Å². The predicted molar refractivity (Wildman–Crippen MR) is 80.7 cm³/mol. The van der Waals surface area contributed by atoms with Crippen molar-refractivity contribution in [3.05, 3.63) is 71.7 Å². The molecular formula is C17H15FN2O. The largest absolute Gasteiger partial charge is 0.361 e. The number of halogens is 1. The van der Waals surface area contributed by atoms with Crippen LogP contribution in [-0.4, -0.2) is 17.4 Å². The third-order valence-corrected chi connectivity index (χ3v) is 3.43. The molecule has 1 aromatic heterocycles. The fraction of sp³-hybridized carbons (Fsp3) is 0.118. The Balaban J connectivity index is 1.59. The van der Waals surface area contributed by atoms with Crippen LogP contribution in [0.2, 0.25) is 0 Å². The van der Waals surface area contributed by atoms with Crippen molar-refractivity contribution in [2.75, 3.05) is 6.54 Å². The Hall–Kier alpha value is -2.62. The molecule has 21 heavy (non-hydrogen) atoms. The van der Waals surface area contributed by atoms with Crippen LogP contribution in [0, 0.1) is 5.82 Å². The average molecular weight is 282 g/mol. The molecule has 3 aromatic rings. The first-order valence-corrected chi connectivity index (χ1v) is 6.82. The van der Waals surface area contributed by atoms with Crippen molar-refractivity contribution >= 4 is 16.8 Å². The summed E-state index contributed by atoms with van der Waals surface area (Å²) in [6.45, 7) is 0.523. The molecule has 1 amide bonds. The van der Waals surface area contributed by atoms with Gasteiger partial charge in [-0.3, -0.25) is 4.79 Å². The zero-order valence-electron chi connectivity index (χ0n) is 11.4. The number of hydrogen-bond donors (Lipinski definition) is 2. The number of aromatic amines is 1. The van der Waals surface area contributed by atoms with E-state index in [4.69, 9.17) is 0 Å². The van der Waals surface area contributed by atoms with Crippen LogP contribution < -0.4 is 5.32 Å². The zero-order chi connectivity index (χ0) is 14.7. The normalized spacial score (nSPS) is 10.7. The second kappa shape index (κ2) is 5.79. The Labute approximate surface area is 121 Å². The maximum atomic E-state index is 12.8. The van der Waals surface area contributed by atoms with Crippen molar-refractivity contribution in [3.63, 3.8) is 0 Å². The molecule has 0 saturated heterocycles. The zero-order valence-corrected chi connectivity index (χ0v) is 11.4. The van der Waals surface area contributed by atoms with Gasteiger partial charge in [-0.15, -0.1) is 0 Å². The maximum absolute atomic E-state index is 12.8. The first-order chi connectivity index (χ1) is 10.2. The van der Waals surface area contributed by atoms with Crippen LogP contribution in [0.1, 0.15) is 15.9 Å². The summed E-state index contributed by atoms with van der Waals surface area (Å²) in [5.74, 6) is -0.345. The first-order valence-electron chi connectivity index (χ1n) is 6.82. The number of nitrogens with one attached hydrogen (secondary N) is 2. The van der Waals surface area contributed by atoms with Gasteiger partial charge in [-0.1, -0.05) is 12.1 Å².